The summed E-state index contributed by atoms with van der Waals surface area (Å²) >= 11 is 5.86. The first-order valence-corrected chi connectivity index (χ1v) is 7.47. The summed E-state index contributed by atoms with van der Waals surface area (Å²) in [4.78, 5) is 26.4. The molecule has 1 amide bonds. The third-order valence-electron chi connectivity index (χ3n) is 3.83. The number of carbonyl (C=O) groups is 2. The molecule has 0 N–H and O–H groups in total. The molecule has 6 heteroatoms. The summed E-state index contributed by atoms with van der Waals surface area (Å²) in [6.07, 6.45) is 0.208. The van der Waals surface area contributed by atoms with Gasteiger partial charge in [-0.1, -0.05) is 11.6 Å². The van der Waals surface area contributed by atoms with E-state index >= 15 is 0 Å². The molecule has 3 rings (SSSR count). The SMILES string of the molecule is Cc1cc(C)n(C(=O)C2CC(=O)N(c3ccc(Cl)cc3)C2)n1. The summed E-state index contributed by atoms with van der Waals surface area (Å²) in [5, 5.41) is 4.83. The molecule has 2 aromatic rings. The number of aromatic nitrogens is 2. The van der Waals surface area contributed by atoms with Crippen molar-refractivity contribution < 1.29 is 9.59 Å². The van der Waals surface area contributed by atoms with Crippen LogP contribution in [0.15, 0.2) is 30.3 Å². The third-order valence-corrected chi connectivity index (χ3v) is 4.08. The molecule has 22 heavy (non-hydrogen) atoms. The van der Waals surface area contributed by atoms with Gasteiger partial charge in [-0.15, -0.1) is 0 Å². The molecular formula is C16H16ClN3O2. The Morgan fingerprint density at radius 2 is 1.95 bits per heavy atom. The normalized spacial score (nSPS) is 18.0. The standard InChI is InChI=1S/C16H16ClN3O2/c1-10-7-11(2)20(18-10)16(22)12-8-15(21)19(9-12)14-5-3-13(17)4-6-14/h3-7,12H,8-9H2,1-2H3. The maximum atomic E-state index is 12.6. The van der Waals surface area contributed by atoms with Crippen LogP contribution in [0, 0.1) is 19.8 Å². The van der Waals surface area contributed by atoms with Crippen molar-refractivity contribution in [1.82, 2.24) is 9.78 Å². The predicted molar refractivity (Wildman–Crippen MR) is 84.2 cm³/mol. The largest absolute Gasteiger partial charge is 0.312 e. The minimum Gasteiger partial charge on any atom is -0.312 e. The minimum atomic E-state index is -0.374. The number of aryl methyl sites for hydroxylation is 2. The second-order valence-corrected chi connectivity index (χ2v) is 6.00. The maximum absolute atomic E-state index is 12.6. The van der Waals surface area contributed by atoms with Gasteiger partial charge >= 0.3 is 0 Å². The van der Waals surface area contributed by atoms with Gasteiger partial charge in [0, 0.05) is 29.4 Å². The summed E-state index contributed by atoms with van der Waals surface area (Å²) < 4.78 is 1.40. The maximum Gasteiger partial charge on any atom is 0.252 e. The zero-order chi connectivity index (χ0) is 15.9. The van der Waals surface area contributed by atoms with Crippen LogP contribution in [0.25, 0.3) is 0 Å². The van der Waals surface area contributed by atoms with Crippen LogP contribution in [0.2, 0.25) is 5.02 Å². The number of hydrogen-bond donors (Lipinski definition) is 0. The van der Waals surface area contributed by atoms with Crippen molar-refractivity contribution in [3.63, 3.8) is 0 Å². The minimum absolute atomic E-state index is 0.0535. The summed E-state index contributed by atoms with van der Waals surface area (Å²) in [7, 11) is 0. The number of nitrogens with zero attached hydrogens (tertiary/aromatic N) is 3. The molecule has 1 unspecified atom stereocenters. The van der Waals surface area contributed by atoms with E-state index in [0.29, 0.717) is 11.6 Å². The molecule has 1 aromatic heterocycles. The molecule has 1 aliphatic heterocycles. The molecule has 1 fully saturated rings. The second-order valence-electron chi connectivity index (χ2n) is 5.56. The molecule has 5 nitrogen and oxygen atoms in total. The van der Waals surface area contributed by atoms with Gasteiger partial charge in [0.15, 0.2) is 0 Å². The molecule has 1 atom stereocenters. The van der Waals surface area contributed by atoms with E-state index in [4.69, 9.17) is 11.6 Å². The van der Waals surface area contributed by atoms with Gasteiger partial charge < -0.3 is 4.90 Å². The number of anilines is 1. The fraction of sp³-hybridized carbons (Fsp3) is 0.312. The summed E-state index contributed by atoms with van der Waals surface area (Å²) in [6, 6.07) is 8.90. The smallest absolute Gasteiger partial charge is 0.252 e. The van der Waals surface area contributed by atoms with Crippen LogP contribution in [-0.2, 0) is 4.79 Å². The zero-order valence-corrected chi connectivity index (χ0v) is 13.2. The molecule has 1 saturated heterocycles. The monoisotopic (exact) mass is 317 g/mol. The second kappa shape index (κ2) is 5.57. The van der Waals surface area contributed by atoms with Crippen molar-refractivity contribution in [3.05, 3.63) is 46.7 Å². The van der Waals surface area contributed by atoms with E-state index < -0.39 is 0 Å². The van der Waals surface area contributed by atoms with Crippen molar-refractivity contribution >= 4 is 29.1 Å². The molecule has 0 spiro atoms. The van der Waals surface area contributed by atoms with E-state index in [0.717, 1.165) is 17.1 Å². The fourth-order valence-electron chi connectivity index (χ4n) is 2.77. The number of benzene rings is 1. The molecular weight excluding hydrogens is 302 g/mol. The fourth-order valence-corrected chi connectivity index (χ4v) is 2.89. The first kappa shape index (κ1) is 14.8. The van der Waals surface area contributed by atoms with Gasteiger partial charge in [0.25, 0.3) is 5.91 Å². The van der Waals surface area contributed by atoms with Crippen LogP contribution < -0.4 is 4.90 Å². The van der Waals surface area contributed by atoms with Crippen LogP contribution in [0.1, 0.15) is 22.6 Å². The lowest BCUT2D eigenvalue weighted by Gasteiger charge is -2.16. The average molecular weight is 318 g/mol. The van der Waals surface area contributed by atoms with Gasteiger partial charge in [0.2, 0.25) is 5.91 Å². The van der Waals surface area contributed by atoms with Crippen molar-refractivity contribution in [2.75, 3.05) is 11.4 Å². The highest BCUT2D eigenvalue weighted by molar-refractivity contribution is 6.30. The number of hydrogen-bond acceptors (Lipinski definition) is 3. The summed E-state index contributed by atoms with van der Waals surface area (Å²) in [5.74, 6) is -0.557. The Hall–Kier alpha value is -2.14. The molecule has 0 bridgehead atoms. The summed E-state index contributed by atoms with van der Waals surface area (Å²) in [6.45, 7) is 4.06. The lowest BCUT2D eigenvalue weighted by atomic mass is 10.1. The Balaban J connectivity index is 1.81. The van der Waals surface area contributed by atoms with Gasteiger partial charge in [0.1, 0.15) is 0 Å². The summed E-state index contributed by atoms with van der Waals surface area (Å²) in [5.41, 5.74) is 2.35. The first-order chi connectivity index (χ1) is 10.5. The molecule has 1 aromatic carbocycles. The Kier molecular flexibility index (Phi) is 3.74. The van der Waals surface area contributed by atoms with Crippen molar-refractivity contribution in [2.45, 2.75) is 20.3 Å². The van der Waals surface area contributed by atoms with Gasteiger partial charge in [-0.2, -0.15) is 5.10 Å². The zero-order valence-electron chi connectivity index (χ0n) is 12.4. The Bertz CT molecular complexity index is 736. The highest BCUT2D eigenvalue weighted by Gasteiger charge is 2.36. The van der Waals surface area contributed by atoms with E-state index in [2.05, 4.69) is 5.10 Å². The van der Waals surface area contributed by atoms with Crippen molar-refractivity contribution in [3.8, 4) is 0 Å². The van der Waals surface area contributed by atoms with Crippen LogP contribution in [0.3, 0.4) is 0 Å². The van der Waals surface area contributed by atoms with E-state index in [-0.39, 0.29) is 24.2 Å². The average Bonchev–Trinajstić information content (AvgIpc) is 3.02. The predicted octanol–water partition coefficient (Wildman–Crippen LogP) is 2.85. The van der Waals surface area contributed by atoms with Gasteiger partial charge in [-0.3, -0.25) is 9.59 Å². The van der Waals surface area contributed by atoms with E-state index in [9.17, 15) is 9.59 Å². The third kappa shape index (κ3) is 2.64. The number of amides is 1. The topological polar surface area (TPSA) is 55.2 Å². The molecule has 2 heterocycles. The molecule has 1 aliphatic rings. The Morgan fingerprint density at radius 3 is 2.55 bits per heavy atom. The lowest BCUT2D eigenvalue weighted by Crippen LogP contribution is -2.28. The molecule has 0 saturated carbocycles. The van der Waals surface area contributed by atoms with Crippen LogP contribution in [0.5, 0.6) is 0 Å². The quantitative estimate of drug-likeness (QED) is 0.856. The highest BCUT2D eigenvalue weighted by Crippen LogP contribution is 2.27. The van der Waals surface area contributed by atoms with Gasteiger partial charge in [-0.25, -0.2) is 4.68 Å². The lowest BCUT2D eigenvalue weighted by molar-refractivity contribution is -0.117. The van der Waals surface area contributed by atoms with E-state index in [1.807, 2.05) is 19.9 Å². The van der Waals surface area contributed by atoms with Crippen molar-refractivity contribution in [1.29, 1.82) is 0 Å². The van der Waals surface area contributed by atoms with Gasteiger partial charge in [-0.05, 0) is 44.2 Å². The van der Waals surface area contributed by atoms with Gasteiger partial charge in [0.05, 0.1) is 11.6 Å². The Labute approximate surface area is 133 Å². The molecule has 0 aliphatic carbocycles. The molecule has 0 radical (unpaired) electrons. The number of rotatable bonds is 2. The highest BCUT2D eigenvalue weighted by atomic mass is 35.5. The van der Waals surface area contributed by atoms with Crippen molar-refractivity contribution in [2.24, 2.45) is 5.92 Å². The van der Waals surface area contributed by atoms with Crippen LogP contribution in [-0.4, -0.2) is 28.1 Å². The van der Waals surface area contributed by atoms with Crippen LogP contribution >= 0.6 is 11.6 Å². The van der Waals surface area contributed by atoms with E-state index in [1.165, 1.54) is 4.68 Å². The number of halogens is 1. The number of carbonyl (C=O) groups excluding carboxylic acids is 2. The van der Waals surface area contributed by atoms with Crippen LogP contribution in [0.4, 0.5) is 5.69 Å². The molecule has 114 valence electrons. The Morgan fingerprint density at radius 1 is 1.27 bits per heavy atom. The first-order valence-electron chi connectivity index (χ1n) is 7.09. The van der Waals surface area contributed by atoms with E-state index in [1.54, 1.807) is 29.2 Å².